The van der Waals surface area contributed by atoms with Crippen molar-refractivity contribution in [2.75, 3.05) is 12.4 Å². The molecule has 0 aromatic heterocycles. The SMILES string of the molecule is CC(C)CCN(C(=O)C(C)(C)CCl)C1CC1. The summed E-state index contributed by atoms with van der Waals surface area (Å²) in [7, 11) is 0. The molecule has 0 heterocycles. The summed E-state index contributed by atoms with van der Waals surface area (Å²) >= 11 is 5.87. The molecule has 94 valence electrons. The van der Waals surface area contributed by atoms with E-state index >= 15 is 0 Å². The number of nitrogens with zero attached hydrogens (tertiary/aromatic N) is 1. The fourth-order valence-corrected chi connectivity index (χ4v) is 1.79. The van der Waals surface area contributed by atoms with Gasteiger partial charge in [-0.15, -0.1) is 11.6 Å². The molecule has 1 fully saturated rings. The third-order valence-electron chi connectivity index (χ3n) is 3.11. The molecular weight excluding hydrogens is 222 g/mol. The second kappa shape index (κ2) is 5.39. The van der Waals surface area contributed by atoms with Crippen molar-refractivity contribution in [2.45, 2.75) is 53.0 Å². The zero-order chi connectivity index (χ0) is 12.3. The molecule has 2 nitrogen and oxygen atoms in total. The molecule has 3 heteroatoms. The molecule has 0 spiro atoms. The third-order valence-corrected chi connectivity index (χ3v) is 3.78. The maximum Gasteiger partial charge on any atom is 0.229 e. The molecule has 1 rings (SSSR count). The molecule has 0 radical (unpaired) electrons. The summed E-state index contributed by atoms with van der Waals surface area (Å²) in [6, 6.07) is 0.494. The van der Waals surface area contributed by atoms with Crippen molar-refractivity contribution in [3.8, 4) is 0 Å². The first-order valence-electron chi connectivity index (χ1n) is 6.25. The molecule has 1 saturated carbocycles. The van der Waals surface area contributed by atoms with Crippen LogP contribution in [0.15, 0.2) is 0 Å². The van der Waals surface area contributed by atoms with Crippen LogP contribution in [0.4, 0.5) is 0 Å². The van der Waals surface area contributed by atoms with E-state index in [1.54, 1.807) is 0 Å². The van der Waals surface area contributed by atoms with Gasteiger partial charge in [0.2, 0.25) is 5.91 Å². The fraction of sp³-hybridized carbons (Fsp3) is 0.923. The first-order chi connectivity index (χ1) is 7.38. The second-order valence-electron chi connectivity index (χ2n) is 5.93. The van der Waals surface area contributed by atoms with Crippen molar-refractivity contribution in [3.63, 3.8) is 0 Å². The monoisotopic (exact) mass is 245 g/mol. The maximum absolute atomic E-state index is 12.3. The van der Waals surface area contributed by atoms with E-state index < -0.39 is 5.41 Å². The Labute approximate surface area is 104 Å². The largest absolute Gasteiger partial charge is 0.339 e. The minimum atomic E-state index is -0.416. The summed E-state index contributed by atoms with van der Waals surface area (Å²) < 4.78 is 0. The van der Waals surface area contributed by atoms with Crippen LogP contribution in [0.5, 0.6) is 0 Å². The topological polar surface area (TPSA) is 20.3 Å². The highest BCUT2D eigenvalue weighted by molar-refractivity contribution is 6.19. The lowest BCUT2D eigenvalue weighted by atomic mass is 9.94. The molecular formula is C13H24ClNO. The number of alkyl halides is 1. The predicted molar refractivity (Wildman–Crippen MR) is 68.7 cm³/mol. The second-order valence-corrected chi connectivity index (χ2v) is 6.20. The lowest BCUT2D eigenvalue weighted by molar-refractivity contribution is -0.140. The molecule has 0 aromatic rings. The van der Waals surface area contributed by atoms with E-state index in [0.717, 1.165) is 13.0 Å². The van der Waals surface area contributed by atoms with Crippen LogP contribution >= 0.6 is 11.6 Å². The number of carbonyl (C=O) groups is 1. The Bertz CT molecular complexity index is 246. The van der Waals surface area contributed by atoms with Gasteiger partial charge in [0.25, 0.3) is 0 Å². The summed E-state index contributed by atoms with van der Waals surface area (Å²) in [5, 5.41) is 0. The van der Waals surface area contributed by atoms with Gasteiger partial charge in [-0.05, 0) is 39.0 Å². The molecule has 1 amide bonds. The third kappa shape index (κ3) is 3.65. The van der Waals surface area contributed by atoms with Gasteiger partial charge >= 0.3 is 0 Å². The number of hydrogen-bond donors (Lipinski definition) is 0. The lowest BCUT2D eigenvalue weighted by Crippen LogP contribution is -2.44. The minimum absolute atomic E-state index is 0.227. The van der Waals surface area contributed by atoms with Crippen LogP contribution in [0.25, 0.3) is 0 Å². The molecule has 0 saturated heterocycles. The summed E-state index contributed by atoms with van der Waals surface area (Å²) in [4.78, 5) is 14.4. The zero-order valence-electron chi connectivity index (χ0n) is 10.9. The normalized spacial score (nSPS) is 16.6. The van der Waals surface area contributed by atoms with Gasteiger partial charge < -0.3 is 4.90 Å². The van der Waals surface area contributed by atoms with Gasteiger partial charge in [0.15, 0.2) is 0 Å². The Morgan fingerprint density at radius 2 is 2.00 bits per heavy atom. The van der Waals surface area contributed by atoms with Crippen LogP contribution in [-0.4, -0.2) is 29.3 Å². The average molecular weight is 246 g/mol. The van der Waals surface area contributed by atoms with Crippen LogP contribution in [0.3, 0.4) is 0 Å². The van der Waals surface area contributed by atoms with Crippen LogP contribution in [0, 0.1) is 11.3 Å². The smallest absolute Gasteiger partial charge is 0.229 e. The first-order valence-corrected chi connectivity index (χ1v) is 6.79. The summed E-state index contributed by atoms with van der Waals surface area (Å²) in [5.41, 5.74) is -0.416. The molecule has 1 aliphatic carbocycles. The van der Waals surface area contributed by atoms with Crippen LogP contribution < -0.4 is 0 Å². The summed E-state index contributed by atoms with van der Waals surface area (Å²) in [6.07, 6.45) is 3.42. The van der Waals surface area contributed by atoms with Gasteiger partial charge in [-0.1, -0.05) is 13.8 Å². The highest BCUT2D eigenvalue weighted by Gasteiger charge is 2.38. The van der Waals surface area contributed by atoms with E-state index in [1.807, 2.05) is 13.8 Å². The van der Waals surface area contributed by atoms with Crippen molar-refractivity contribution in [2.24, 2.45) is 11.3 Å². The van der Waals surface area contributed by atoms with Crippen LogP contribution in [0.1, 0.15) is 47.0 Å². The number of rotatable bonds is 6. The number of carbonyl (C=O) groups excluding carboxylic acids is 1. The fourth-order valence-electron chi connectivity index (χ4n) is 1.68. The quantitative estimate of drug-likeness (QED) is 0.658. The minimum Gasteiger partial charge on any atom is -0.339 e. The molecule has 1 aliphatic rings. The van der Waals surface area contributed by atoms with Crippen molar-refractivity contribution in [1.29, 1.82) is 0 Å². The number of halogens is 1. The van der Waals surface area contributed by atoms with Crippen LogP contribution in [-0.2, 0) is 4.79 Å². The van der Waals surface area contributed by atoms with Gasteiger partial charge in [-0.25, -0.2) is 0 Å². The Morgan fingerprint density at radius 3 is 2.38 bits per heavy atom. The van der Waals surface area contributed by atoms with E-state index in [1.165, 1.54) is 12.8 Å². The number of hydrogen-bond acceptors (Lipinski definition) is 1. The maximum atomic E-state index is 12.3. The van der Waals surface area contributed by atoms with Gasteiger partial charge in [0, 0.05) is 18.5 Å². The van der Waals surface area contributed by atoms with E-state index in [0.29, 0.717) is 17.8 Å². The molecule has 0 N–H and O–H groups in total. The predicted octanol–water partition coefficient (Wildman–Crippen LogP) is 3.29. The molecule has 16 heavy (non-hydrogen) atoms. The summed E-state index contributed by atoms with van der Waals surface area (Å²) in [6.45, 7) is 9.16. The average Bonchev–Trinajstić information content (AvgIpc) is 3.01. The Morgan fingerprint density at radius 1 is 1.44 bits per heavy atom. The molecule has 0 bridgehead atoms. The first kappa shape index (κ1) is 13.8. The number of amides is 1. The Balaban J connectivity index is 2.59. The van der Waals surface area contributed by atoms with Crippen molar-refractivity contribution in [3.05, 3.63) is 0 Å². The van der Waals surface area contributed by atoms with E-state index in [4.69, 9.17) is 11.6 Å². The van der Waals surface area contributed by atoms with Crippen molar-refractivity contribution < 1.29 is 4.79 Å². The van der Waals surface area contributed by atoms with Crippen LogP contribution in [0.2, 0.25) is 0 Å². The van der Waals surface area contributed by atoms with Gasteiger partial charge in [0.1, 0.15) is 0 Å². The van der Waals surface area contributed by atoms with E-state index in [-0.39, 0.29) is 5.91 Å². The lowest BCUT2D eigenvalue weighted by Gasteiger charge is -2.31. The van der Waals surface area contributed by atoms with E-state index in [9.17, 15) is 4.79 Å². The van der Waals surface area contributed by atoms with Gasteiger partial charge in [-0.2, -0.15) is 0 Å². The molecule has 0 aliphatic heterocycles. The highest BCUT2D eigenvalue weighted by atomic mass is 35.5. The summed E-state index contributed by atoms with van der Waals surface area (Å²) in [5.74, 6) is 1.27. The van der Waals surface area contributed by atoms with E-state index in [2.05, 4.69) is 18.7 Å². The standard InChI is InChI=1S/C13H24ClNO/c1-10(2)7-8-15(11-5-6-11)12(16)13(3,4)9-14/h10-11H,5-9H2,1-4H3. The van der Waals surface area contributed by atoms with Crippen molar-refractivity contribution in [1.82, 2.24) is 4.90 Å². The van der Waals surface area contributed by atoms with Gasteiger partial charge in [0.05, 0.1) is 5.41 Å². The van der Waals surface area contributed by atoms with Gasteiger partial charge in [-0.3, -0.25) is 4.79 Å². The molecule has 0 atom stereocenters. The highest BCUT2D eigenvalue weighted by Crippen LogP contribution is 2.32. The zero-order valence-corrected chi connectivity index (χ0v) is 11.7. The van der Waals surface area contributed by atoms with Crippen molar-refractivity contribution >= 4 is 17.5 Å². The Kier molecular flexibility index (Phi) is 4.66. The molecule has 0 unspecified atom stereocenters. The Hall–Kier alpha value is -0.240. The molecule has 0 aromatic carbocycles.